The Balaban J connectivity index is 1.36. The molecule has 0 bridgehead atoms. The SMILES string of the molecule is COc1ccc(CN2CCc3c(c(C)cn3-c3ccc(C(N)=O)c(NCCN4CCOCC4)c3)C2=O)cc1. The molecule has 3 aromatic rings. The summed E-state index contributed by atoms with van der Waals surface area (Å²) in [5.41, 5.74) is 11.5. The molecule has 3 N–H and O–H groups in total. The zero-order valence-corrected chi connectivity index (χ0v) is 22.0. The van der Waals surface area contributed by atoms with Gasteiger partial charge in [0.2, 0.25) is 0 Å². The third kappa shape index (κ3) is 5.39. The van der Waals surface area contributed by atoms with Gasteiger partial charge in [-0.25, -0.2) is 0 Å². The monoisotopic (exact) mass is 517 g/mol. The Hall–Kier alpha value is -3.82. The standard InChI is InChI=1S/C29H35N5O4/c1-20-18-34(26-9-11-33(29(36)27(20)26)19-21-3-6-23(37-2)7-4-21)22-5-8-24(28(30)35)25(17-22)31-10-12-32-13-15-38-16-14-32/h3-8,17-18,31H,9-16,19H2,1-2H3,(H2,30,35). The van der Waals surface area contributed by atoms with E-state index in [1.807, 2.05) is 54.4 Å². The van der Waals surface area contributed by atoms with E-state index in [0.29, 0.717) is 30.9 Å². The second kappa shape index (κ2) is 11.3. The van der Waals surface area contributed by atoms with Crippen LogP contribution < -0.4 is 15.8 Å². The van der Waals surface area contributed by atoms with Crippen LogP contribution >= 0.6 is 0 Å². The molecular weight excluding hydrogens is 482 g/mol. The Bertz CT molecular complexity index is 1310. The van der Waals surface area contributed by atoms with E-state index < -0.39 is 5.91 Å². The molecule has 1 saturated heterocycles. The van der Waals surface area contributed by atoms with Crippen LogP contribution in [0.15, 0.2) is 48.7 Å². The van der Waals surface area contributed by atoms with Crippen molar-refractivity contribution in [3.63, 3.8) is 0 Å². The van der Waals surface area contributed by atoms with Gasteiger partial charge in [0, 0.05) is 69.0 Å². The first-order valence-corrected chi connectivity index (χ1v) is 13.1. The lowest BCUT2D eigenvalue weighted by Crippen LogP contribution is -2.39. The lowest BCUT2D eigenvalue weighted by molar-refractivity contribution is 0.0398. The summed E-state index contributed by atoms with van der Waals surface area (Å²) in [7, 11) is 1.64. The second-order valence-electron chi connectivity index (χ2n) is 9.80. The highest BCUT2D eigenvalue weighted by atomic mass is 16.5. The van der Waals surface area contributed by atoms with E-state index >= 15 is 0 Å². The molecule has 2 aliphatic rings. The number of hydrogen-bond acceptors (Lipinski definition) is 6. The fourth-order valence-electron chi connectivity index (χ4n) is 5.27. The van der Waals surface area contributed by atoms with Crippen LogP contribution in [0.4, 0.5) is 5.69 Å². The molecule has 9 nitrogen and oxygen atoms in total. The Kier molecular flexibility index (Phi) is 7.67. The van der Waals surface area contributed by atoms with Gasteiger partial charge in [0.05, 0.1) is 31.5 Å². The number of methoxy groups -OCH3 is 1. The molecule has 1 aromatic heterocycles. The average Bonchev–Trinajstić information content (AvgIpc) is 3.28. The summed E-state index contributed by atoms with van der Waals surface area (Å²) in [5.74, 6) is 0.364. The number of morpholine rings is 1. The van der Waals surface area contributed by atoms with Crippen LogP contribution in [-0.4, -0.2) is 79.2 Å². The van der Waals surface area contributed by atoms with Gasteiger partial charge in [-0.2, -0.15) is 0 Å². The number of anilines is 1. The number of aromatic nitrogens is 1. The Morgan fingerprint density at radius 3 is 2.58 bits per heavy atom. The zero-order valence-electron chi connectivity index (χ0n) is 22.0. The molecule has 0 aliphatic carbocycles. The minimum absolute atomic E-state index is 0.0379. The summed E-state index contributed by atoms with van der Waals surface area (Å²) in [6, 6.07) is 13.4. The summed E-state index contributed by atoms with van der Waals surface area (Å²) >= 11 is 0. The summed E-state index contributed by atoms with van der Waals surface area (Å²) < 4.78 is 12.7. The van der Waals surface area contributed by atoms with Crippen LogP contribution in [0.3, 0.4) is 0 Å². The first-order chi connectivity index (χ1) is 18.4. The number of benzene rings is 2. The molecule has 38 heavy (non-hydrogen) atoms. The Morgan fingerprint density at radius 1 is 1.11 bits per heavy atom. The van der Waals surface area contributed by atoms with Crippen molar-refractivity contribution in [2.75, 3.05) is 58.4 Å². The van der Waals surface area contributed by atoms with Crippen molar-refractivity contribution >= 4 is 17.5 Å². The summed E-state index contributed by atoms with van der Waals surface area (Å²) in [6.45, 7) is 8.00. The maximum absolute atomic E-state index is 13.5. The number of ether oxygens (including phenoxy) is 2. The van der Waals surface area contributed by atoms with Gasteiger partial charge >= 0.3 is 0 Å². The second-order valence-corrected chi connectivity index (χ2v) is 9.80. The van der Waals surface area contributed by atoms with Gasteiger partial charge < -0.3 is 30.0 Å². The smallest absolute Gasteiger partial charge is 0.256 e. The lowest BCUT2D eigenvalue weighted by Gasteiger charge is -2.28. The van der Waals surface area contributed by atoms with E-state index in [1.54, 1.807) is 13.2 Å². The molecule has 0 radical (unpaired) electrons. The normalized spacial score (nSPS) is 15.8. The van der Waals surface area contributed by atoms with Crippen LogP contribution in [0.5, 0.6) is 5.75 Å². The van der Waals surface area contributed by atoms with Gasteiger partial charge in [-0.05, 0) is 48.4 Å². The van der Waals surface area contributed by atoms with Gasteiger partial charge in [-0.1, -0.05) is 12.1 Å². The molecule has 0 spiro atoms. The molecule has 200 valence electrons. The molecule has 1 fully saturated rings. The van der Waals surface area contributed by atoms with Gasteiger partial charge in [-0.3, -0.25) is 14.5 Å². The number of hydrogen-bond donors (Lipinski definition) is 2. The first kappa shape index (κ1) is 25.8. The van der Waals surface area contributed by atoms with Gasteiger partial charge in [0.1, 0.15) is 5.75 Å². The van der Waals surface area contributed by atoms with E-state index in [9.17, 15) is 9.59 Å². The zero-order chi connectivity index (χ0) is 26.6. The highest BCUT2D eigenvalue weighted by molar-refractivity contribution is 5.99. The van der Waals surface area contributed by atoms with E-state index in [1.165, 1.54) is 0 Å². The van der Waals surface area contributed by atoms with Gasteiger partial charge in [0.15, 0.2) is 0 Å². The number of fused-ring (bicyclic) bond motifs is 1. The van der Waals surface area contributed by atoms with E-state index in [2.05, 4.69) is 14.8 Å². The highest BCUT2D eigenvalue weighted by Gasteiger charge is 2.30. The predicted octanol–water partition coefficient (Wildman–Crippen LogP) is 2.84. The molecule has 0 unspecified atom stereocenters. The minimum atomic E-state index is -0.472. The number of nitrogens with one attached hydrogen (secondary N) is 1. The number of aryl methyl sites for hydroxylation is 1. The van der Waals surface area contributed by atoms with E-state index in [4.69, 9.17) is 15.2 Å². The third-order valence-electron chi connectivity index (χ3n) is 7.34. The van der Waals surface area contributed by atoms with Crippen molar-refractivity contribution in [1.82, 2.24) is 14.4 Å². The number of nitrogens with two attached hydrogens (primary N) is 1. The molecule has 0 saturated carbocycles. The summed E-state index contributed by atoms with van der Waals surface area (Å²) in [6.07, 6.45) is 2.75. The van der Waals surface area contributed by atoms with Gasteiger partial charge in [-0.15, -0.1) is 0 Å². The molecule has 2 aliphatic heterocycles. The number of carbonyl (C=O) groups is 2. The number of primary amides is 1. The Labute approximate surface area is 223 Å². The van der Waals surface area contributed by atoms with E-state index in [0.717, 1.165) is 73.1 Å². The summed E-state index contributed by atoms with van der Waals surface area (Å²) in [5, 5.41) is 3.41. The molecule has 2 amide bonds. The number of rotatable bonds is 9. The number of carbonyl (C=O) groups excluding carboxylic acids is 2. The fraction of sp³-hybridized carbons (Fsp3) is 0.379. The van der Waals surface area contributed by atoms with Crippen LogP contribution in [-0.2, 0) is 17.7 Å². The molecule has 5 rings (SSSR count). The third-order valence-corrected chi connectivity index (χ3v) is 7.34. The highest BCUT2D eigenvalue weighted by Crippen LogP contribution is 2.30. The summed E-state index contributed by atoms with van der Waals surface area (Å²) in [4.78, 5) is 29.9. The van der Waals surface area contributed by atoms with Crippen molar-refractivity contribution in [1.29, 1.82) is 0 Å². The quantitative estimate of drug-likeness (QED) is 0.453. The molecule has 0 atom stereocenters. The predicted molar refractivity (Wildman–Crippen MR) is 146 cm³/mol. The molecule has 3 heterocycles. The van der Waals surface area contributed by atoms with Crippen molar-refractivity contribution in [3.8, 4) is 11.4 Å². The van der Waals surface area contributed by atoms with E-state index in [-0.39, 0.29) is 5.91 Å². The largest absolute Gasteiger partial charge is 0.497 e. The molecule has 2 aromatic carbocycles. The first-order valence-electron chi connectivity index (χ1n) is 13.1. The van der Waals surface area contributed by atoms with Crippen molar-refractivity contribution in [2.24, 2.45) is 5.73 Å². The van der Waals surface area contributed by atoms with Crippen molar-refractivity contribution < 1.29 is 19.1 Å². The minimum Gasteiger partial charge on any atom is -0.497 e. The van der Waals surface area contributed by atoms with Crippen LogP contribution in [0.1, 0.15) is 37.5 Å². The van der Waals surface area contributed by atoms with Crippen LogP contribution in [0.2, 0.25) is 0 Å². The average molecular weight is 518 g/mol. The maximum atomic E-state index is 13.5. The molecular formula is C29H35N5O4. The number of nitrogens with zero attached hydrogens (tertiary/aromatic N) is 3. The molecule has 9 heteroatoms. The maximum Gasteiger partial charge on any atom is 0.256 e. The topological polar surface area (TPSA) is 102 Å². The van der Waals surface area contributed by atoms with Crippen LogP contribution in [0, 0.1) is 6.92 Å². The van der Waals surface area contributed by atoms with Gasteiger partial charge in [0.25, 0.3) is 11.8 Å². The lowest BCUT2D eigenvalue weighted by atomic mass is 10.0. The van der Waals surface area contributed by atoms with Crippen molar-refractivity contribution in [2.45, 2.75) is 19.9 Å². The fourth-order valence-corrected chi connectivity index (χ4v) is 5.27. The van der Waals surface area contributed by atoms with Crippen LogP contribution in [0.25, 0.3) is 5.69 Å². The van der Waals surface area contributed by atoms with Crippen molar-refractivity contribution in [3.05, 3.63) is 76.6 Å². The number of amides is 2. The Morgan fingerprint density at radius 2 is 1.87 bits per heavy atom.